The zero-order chi connectivity index (χ0) is 18.2. The van der Waals surface area contributed by atoms with Gasteiger partial charge in [-0.3, -0.25) is 0 Å². The summed E-state index contributed by atoms with van der Waals surface area (Å²) < 4.78 is 1.96. The predicted molar refractivity (Wildman–Crippen MR) is 118 cm³/mol. The maximum absolute atomic E-state index is 6.29. The van der Waals surface area contributed by atoms with Crippen LogP contribution in [0, 0.1) is 6.92 Å². The maximum atomic E-state index is 6.29. The molecule has 1 N–H and O–H groups in total. The van der Waals surface area contributed by atoms with Gasteiger partial charge in [0.15, 0.2) is 11.8 Å². The molecule has 0 atom stereocenters. The molecule has 0 unspecified atom stereocenters. The molecule has 0 saturated carbocycles. The van der Waals surface area contributed by atoms with Crippen molar-refractivity contribution in [3.8, 4) is 0 Å². The average Bonchev–Trinajstić information content (AvgIpc) is 2.92. The first-order valence-electron chi connectivity index (χ1n) is 8.60. The molecule has 0 amide bonds. The van der Waals surface area contributed by atoms with E-state index < -0.39 is 0 Å². The van der Waals surface area contributed by atoms with Gasteiger partial charge >= 0.3 is 0 Å². The molecule has 0 spiro atoms. The molecule has 144 valence electrons. The van der Waals surface area contributed by atoms with Gasteiger partial charge in [-0.05, 0) is 25.0 Å². The summed E-state index contributed by atoms with van der Waals surface area (Å²) >= 11 is 6.29. The van der Waals surface area contributed by atoms with Crippen LogP contribution in [0.1, 0.15) is 37.0 Å². The van der Waals surface area contributed by atoms with Gasteiger partial charge in [0.2, 0.25) is 0 Å². The first-order valence-corrected chi connectivity index (χ1v) is 8.98. The van der Waals surface area contributed by atoms with Crippen molar-refractivity contribution in [2.45, 2.75) is 39.8 Å². The molecule has 0 saturated heterocycles. The van der Waals surface area contributed by atoms with Crippen LogP contribution >= 0.6 is 35.6 Å². The third kappa shape index (κ3) is 6.42. The Labute approximate surface area is 178 Å². The molecular weight excluding hydrogens is 463 g/mol. The third-order valence-electron chi connectivity index (χ3n) is 4.09. The Kier molecular flexibility index (Phi) is 9.93. The van der Waals surface area contributed by atoms with Crippen molar-refractivity contribution in [3.63, 3.8) is 0 Å². The topological polar surface area (TPSA) is 58.3 Å². The summed E-state index contributed by atoms with van der Waals surface area (Å²) in [5.74, 6) is 2.57. The van der Waals surface area contributed by atoms with Crippen molar-refractivity contribution < 1.29 is 0 Å². The smallest absolute Gasteiger partial charge is 0.194 e. The number of aliphatic imine (C=N–C) groups is 1. The second kappa shape index (κ2) is 11.4. The van der Waals surface area contributed by atoms with E-state index in [0.29, 0.717) is 13.1 Å². The van der Waals surface area contributed by atoms with Crippen LogP contribution in [-0.4, -0.2) is 39.2 Å². The van der Waals surface area contributed by atoms with E-state index in [-0.39, 0.29) is 24.0 Å². The van der Waals surface area contributed by atoms with Crippen molar-refractivity contribution in [1.82, 2.24) is 25.0 Å². The Bertz CT molecular complexity index is 715. The molecule has 0 bridgehead atoms. The Morgan fingerprint density at radius 2 is 2.04 bits per heavy atom. The van der Waals surface area contributed by atoms with Crippen LogP contribution in [0.3, 0.4) is 0 Å². The summed E-state index contributed by atoms with van der Waals surface area (Å²) in [7, 11) is 3.97. The minimum atomic E-state index is 0. The maximum Gasteiger partial charge on any atom is 0.194 e. The van der Waals surface area contributed by atoms with Crippen LogP contribution in [0.2, 0.25) is 5.02 Å². The average molecular weight is 491 g/mol. The molecule has 2 rings (SSSR count). The van der Waals surface area contributed by atoms with Crippen LogP contribution in [0.15, 0.2) is 29.3 Å². The van der Waals surface area contributed by atoms with E-state index >= 15 is 0 Å². The second-order valence-corrected chi connectivity index (χ2v) is 6.50. The van der Waals surface area contributed by atoms with Crippen LogP contribution in [0.5, 0.6) is 0 Å². The summed E-state index contributed by atoms with van der Waals surface area (Å²) in [4.78, 5) is 6.81. The fourth-order valence-electron chi connectivity index (χ4n) is 2.38. The number of halogens is 2. The van der Waals surface area contributed by atoms with Crippen LogP contribution in [0.4, 0.5) is 0 Å². The van der Waals surface area contributed by atoms with E-state index in [9.17, 15) is 0 Å². The number of rotatable bonds is 7. The minimum absolute atomic E-state index is 0. The van der Waals surface area contributed by atoms with Crippen molar-refractivity contribution >= 4 is 41.5 Å². The number of benzene rings is 1. The molecule has 1 heterocycles. The van der Waals surface area contributed by atoms with Crippen molar-refractivity contribution in [2.75, 3.05) is 13.6 Å². The summed E-state index contributed by atoms with van der Waals surface area (Å²) in [5, 5.41) is 12.5. The van der Waals surface area contributed by atoms with E-state index in [0.717, 1.165) is 47.6 Å². The number of nitrogens with zero attached hydrogens (tertiary/aromatic N) is 5. The minimum Gasteiger partial charge on any atom is -0.356 e. The van der Waals surface area contributed by atoms with Crippen LogP contribution in [0.25, 0.3) is 0 Å². The van der Waals surface area contributed by atoms with Crippen LogP contribution in [-0.2, 0) is 20.1 Å². The number of hydrogen-bond donors (Lipinski definition) is 1. The van der Waals surface area contributed by atoms with Gasteiger partial charge in [-0.15, -0.1) is 34.2 Å². The van der Waals surface area contributed by atoms with E-state index in [4.69, 9.17) is 16.6 Å². The number of unbranched alkanes of at least 4 members (excludes halogenated alkanes) is 1. The molecule has 0 aliphatic carbocycles. The zero-order valence-corrected chi connectivity index (χ0v) is 19.0. The fraction of sp³-hybridized carbons (Fsp3) is 0.500. The van der Waals surface area contributed by atoms with Gasteiger partial charge < -0.3 is 14.8 Å². The predicted octanol–water partition coefficient (Wildman–Crippen LogP) is 3.77. The number of aryl methyl sites for hydroxylation is 1. The SMILES string of the molecule is CCCCNC(=NCc1nnc(C)n1C)N(C)Cc1ccccc1Cl.I. The molecule has 0 fully saturated rings. The lowest BCUT2D eigenvalue weighted by Crippen LogP contribution is -2.39. The molecule has 0 aliphatic rings. The van der Waals surface area contributed by atoms with Gasteiger partial charge in [-0.25, -0.2) is 4.99 Å². The van der Waals surface area contributed by atoms with E-state index in [1.54, 1.807) is 0 Å². The Hall–Kier alpha value is -1.35. The molecule has 1 aromatic carbocycles. The summed E-state index contributed by atoms with van der Waals surface area (Å²) in [6.45, 7) is 6.17. The van der Waals surface area contributed by atoms with E-state index in [1.165, 1.54) is 0 Å². The highest BCUT2D eigenvalue weighted by molar-refractivity contribution is 14.0. The van der Waals surface area contributed by atoms with Gasteiger partial charge in [-0.2, -0.15) is 0 Å². The van der Waals surface area contributed by atoms with Gasteiger partial charge in [0, 0.05) is 32.2 Å². The van der Waals surface area contributed by atoms with Crippen molar-refractivity contribution in [2.24, 2.45) is 12.0 Å². The van der Waals surface area contributed by atoms with Crippen molar-refractivity contribution in [3.05, 3.63) is 46.5 Å². The largest absolute Gasteiger partial charge is 0.356 e. The molecular formula is C18H28ClIN6. The lowest BCUT2D eigenvalue weighted by Gasteiger charge is -2.23. The Balaban J connectivity index is 0.00000338. The monoisotopic (exact) mass is 490 g/mol. The zero-order valence-electron chi connectivity index (χ0n) is 15.9. The highest BCUT2D eigenvalue weighted by Crippen LogP contribution is 2.16. The van der Waals surface area contributed by atoms with Gasteiger partial charge in [0.1, 0.15) is 12.4 Å². The van der Waals surface area contributed by atoms with Gasteiger partial charge in [0.25, 0.3) is 0 Å². The van der Waals surface area contributed by atoms with Crippen molar-refractivity contribution in [1.29, 1.82) is 0 Å². The Morgan fingerprint density at radius 1 is 1.31 bits per heavy atom. The lowest BCUT2D eigenvalue weighted by molar-refractivity contribution is 0.472. The Morgan fingerprint density at radius 3 is 2.65 bits per heavy atom. The van der Waals surface area contributed by atoms with E-state index in [2.05, 4.69) is 27.3 Å². The highest BCUT2D eigenvalue weighted by atomic mass is 127. The van der Waals surface area contributed by atoms with Gasteiger partial charge in [0.05, 0.1) is 0 Å². The lowest BCUT2D eigenvalue weighted by atomic mass is 10.2. The molecule has 0 radical (unpaired) electrons. The number of aromatic nitrogens is 3. The highest BCUT2D eigenvalue weighted by Gasteiger charge is 2.10. The summed E-state index contributed by atoms with van der Waals surface area (Å²) in [6.07, 6.45) is 2.24. The fourth-order valence-corrected chi connectivity index (χ4v) is 2.58. The number of nitrogens with one attached hydrogen (secondary N) is 1. The van der Waals surface area contributed by atoms with Gasteiger partial charge in [-0.1, -0.05) is 43.1 Å². The first-order chi connectivity index (χ1) is 12.0. The summed E-state index contributed by atoms with van der Waals surface area (Å²) in [6, 6.07) is 7.89. The third-order valence-corrected chi connectivity index (χ3v) is 4.46. The molecule has 8 heteroatoms. The normalized spacial score (nSPS) is 11.2. The second-order valence-electron chi connectivity index (χ2n) is 6.09. The quantitative estimate of drug-likeness (QED) is 0.278. The molecule has 26 heavy (non-hydrogen) atoms. The van der Waals surface area contributed by atoms with Crippen LogP contribution < -0.4 is 5.32 Å². The molecule has 6 nitrogen and oxygen atoms in total. The molecule has 0 aliphatic heterocycles. The first kappa shape index (κ1) is 22.7. The summed E-state index contributed by atoms with van der Waals surface area (Å²) in [5.41, 5.74) is 1.08. The number of guanidine groups is 1. The molecule has 2 aromatic rings. The van der Waals surface area contributed by atoms with E-state index in [1.807, 2.05) is 49.9 Å². The molecule has 1 aromatic heterocycles. The number of hydrogen-bond acceptors (Lipinski definition) is 3. The standard InChI is InChI=1S/C18H27ClN6.HI/c1-5-6-11-20-18(21-12-17-23-22-14(2)25(17)4)24(3)13-15-9-7-8-10-16(15)19;/h7-10H,5-6,11-13H2,1-4H3,(H,20,21);1H.